The summed E-state index contributed by atoms with van der Waals surface area (Å²) in [7, 11) is 0. The molecule has 0 amide bonds. The molecule has 0 spiro atoms. The molecule has 0 fully saturated rings. The highest BCUT2D eigenvalue weighted by Gasteiger charge is 2.69. The summed E-state index contributed by atoms with van der Waals surface area (Å²) in [5.74, 6) is -5.48. The molecule has 0 atom stereocenters. The van der Waals surface area contributed by atoms with Crippen LogP contribution >= 0.6 is 34.0 Å². The van der Waals surface area contributed by atoms with Crippen LogP contribution in [-0.2, 0) is 86.7 Å². The number of hydrogen-bond acceptors (Lipinski definition) is 15. The maximum absolute atomic E-state index is 16.1. The first kappa shape index (κ1) is 52.1. The Bertz CT molecular complexity index is 4020. The van der Waals surface area contributed by atoms with Gasteiger partial charge in [-0.2, -0.15) is 0 Å². The van der Waals surface area contributed by atoms with E-state index in [0.29, 0.717) is 62.7 Å². The van der Waals surface area contributed by atoms with Crippen LogP contribution in [0, 0.1) is 0 Å². The minimum atomic E-state index is -2.58. The number of carbonyl (C=O) groups is 7. The van der Waals surface area contributed by atoms with E-state index < -0.39 is 46.3 Å². The molecule has 13 rings (SSSR count). The van der Waals surface area contributed by atoms with Crippen LogP contribution in [0.1, 0.15) is 90.9 Å². The van der Waals surface area contributed by atoms with Gasteiger partial charge in [-0.25, -0.2) is 0 Å². The molecule has 3 aromatic heterocycles. The lowest BCUT2D eigenvalue weighted by Crippen LogP contribution is -2.50. The third-order valence-corrected chi connectivity index (χ3v) is 18.7. The summed E-state index contributed by atoms with van der Waals surface area (Å²) < 4.78 is 31.4. The van der Waals surface area contributed by atoms with E-state index in [9.17, 15) is 14.4 Å². The van der Waals surface area contributed by atoms with Crippen LogP contribution in [0.25, 0.3) is 31.7 Å². The van der Waals surface area contributed by atoms with Crippen molar-refractivity contribution < 1.29 is 57.2 Å². The molecule has 82 heavy (non-hydrogen) atoms. The van der Waals surface area contributed by atoms with Crippen molar-refractivity contribution >= 4 is 87.4 Å². The Balaban J connectivity index is 1.07. The standard InChI is InChI=1S/C67H44O12S3/c68-55-44(38-75-37-43-25-13-14-26-47(43)55)29-45-31-51-58(80-45)60-53(66(51,62(71)76-33-39-17-5-1-6-18-39)63(72)77-34-40-19-7-2-8-20-40)54-61(82-60)59-52(32-46(81-59)30-50-56(69)48-27-15-16-28-49(48)57(50)70)67(54,64(73)78-35-41-21-9-3-10-22-41)65(74)79-36-42-23-11-4-12-24-42/h1-32H,33-38H2/b44-29-. The van der Waals surface area contributed by atoms with Crippen LogP contribution in [0.4, 0.5) is 0 Å². The molecule has 0 unspecified atom stereocenters. The minimum Gasteiger partial charge on any atom is -0.459 e. The topological polar surface area (TPSA) is 166 Å². The minimum absolute atomic E-state index is 0.0277. The van der Waals surface area contributed by atoms with Gasteiger partial charge in [0.05, 0.1) is 38.3 Å². The number of ether oxygens (including phenoxy) is 5. The van der Waals surface area contributed by atoms with E-state index in [1.54, 1.807) is 152 Å². The summed E-state index contributed by atoms with van der Waals surface area (Å²) in [5.41, 5.74) is -0.614. The zero-order valence-corrected chi connectivity index (χ0v) is 45.8. The zero-order valence-electron chi connectivity index (χ0n) is 43.3. The number of esters is 4. The Labute approximate surface area is 481 Å². The van der Waals surface area contributed by atoms with Gasteiger partial charge in [-0.3, -0.25) is 33.6 Å². The zero-order chi connectivity index (χ0) is 56.1. The quantitative estimate of drug-likeness (QED) is 0.0333. The third-order valence-electron chi connectivity index (χ3n) is 15.0. The van der Waals surface area contributed by atoms with Crippen molar-refractivity contribution in [2.75, 3.05) is 6.61 Å². The molecule has 0 N–H and O–H groups in total. The van der Waals surface area contributed by atoms with Crippen LogP contribution in [0.2, 0.25) is 0 Å². The molecule has 402 valence electrons. The van der Waals surface area contributed by atoms with Crippen molar-refractivity contribution in [2.24, 2.45) is 0 Å². The fourth-order valence-electron chi connectivity index (χ4n) is 11.1. The number of Topliss-reactive ketones (excluding diaryl/α,β-unsaturated/α-hetero) is 3. The Morgan fingerprint density at radius 2 is 0.780 bits per heavy atom. The highest BCUT2D eigenvalue weighted by molar-refractivity contribution is 7.28. The fourth-order valence-corrected chi connectivity index (χ4v) is 15.2. The third kappa shape index (κ3) is 8.71. The Hall–Kier alpha value is -9.25. The van der Waals surface area contributed by atoms with Crippen LogP contribution < -0.4 is 0 Å². The first-order valence-electron chi connectivity index (χ1n) is 26.2. The number of benzene rings is 6. The summed E-state index contributed by atoms with van der Waals surface area (Å²) >= 11 is 3.47. The summed E-state index contributed by atoms with van der Waals surface area (Å²) in [6.45, 7) is -0.983. The SMILES string of the molecule is O=C1/C(=C\c2cc3c(s2)-c2sc4c(c2C3(C(=O)OCc2ccccc2)C(=O)OCc2ccccc2)C(C(=O)OCc2ccccc2)(C(=O)OCc2ccccc2)c2cc(C=C3C(=O)c5ccccc5C3=O)sc2-4)COCc2ccccc21. The molecule has 0 bridgehead atoms. The summed E-state index contributed by atoms with van der Waals surface area (Å²) in [4.78, 5) is 109. The molecule has 12 nitrogen and oxygen atoms in total. The van der Waals surface area contributed by atoms with Crippen LogP contribution in [0.15, 0.2) is 193 Å². The van der Waals surface area contributed by atoms with E-state index in [0.717, 1.165) is 28.2 Å². The Morgan fingerprint density at radius 1 is 0.415 bits per heavy atom. The molecule has 4 aliphatic rings. The number of carbonyl (C=O) groups excluding carboxylic acids is 7. The second-order valence-electron chi connectivity index (χ2n) is 20.0. The van der Waals surface area contributed by atoms with E-state index in [2.05, 4.69) is 0 Å². The summed E-state index contributed by atoms with van der Waals surface area (Å²) in [5, 5.41) is 0. The van der Waals surface area contributed by atoms with Gasteiger partial charge in [0.1, 0.15) is 26.4 Å². The van der Waals surface area contributed by atoms with Crippen molar-refractivity contribution in [3.05, 3.63) is 270 Å². The number of thiophene rings is 3. The first-order valence-corrected chi connectivity index (χ1v) is 28.6. The maximum Gasteiger partial charge on any atom is 0.333 e. The van der Waals surface area contributed by atoms with E-state index in [4.69, 9.17) is 23.7 Å². The molecule has 15 heteroatoms. The summed E-state index contributed by atoms with van der Waals surface area (Å²) in [6, 6.07) is 52.7. The Morgan fingerprint density at radius 3 is 1.20 bits per heavy atom. The fraction of sp³-hybridized carbons (Fsp3) is 0.119. The molecular formula is C67H44O12S3. The maximum atomic E-state index is 16.1. The van der Waals surface area contributed by atoms with Gasteiger partial charge in [-0.05, 0) is 52.1 Å². The number of ketones is 3. The van der Waals surface area contributed by atoms with Gasteiger partial charge in [0, 0.05) is 54.3 Å². The number of hydrogen-bond donors (Lipinski definition) is 0. The van der Waals surface area contributed by atoms with Crippen molar-refractivity contribution in [3.63, 3.8) is 0 Å². The molecule has 0 radical (unpaired) electrons. The van der Waals surface area contributed by atoms with Crippen LogP contribution in [-0.4, -0.2) is 47.8 Å². The lowest BCUT2D eigenvalue weighted by Gasteiger charge is -2.32. The predicted octanol–water partition coefficient (Wildman–Crippen LogP) is 12.6. The van der Waals surface area contributed by atoms with E-state index >= 15 is 19.2 Å². The summed E-state index contributed by atoms with van der Waals surface area (Å²) in [6.07, 6.45) is 3.15. The van der Waals surface area contributed by atoms with E-state index in [-0.39, 0.29) is 84.4 Å². The smallest absolute Gasteiger partial charge is 0.333 e. The largest absolute Gasteiger partial charge is 0.459 e. The molecule has 1 aliphatic heterocycles. The van der Waals surface area contributed by atoms with Gasteiger partial charge in [-0.15, -0.1) is 34.0 Å². The molecule has 3 aliphatic carbocycles. The van der Waals surface area contributed by atoms with Gasteiger partial charge in [0.15, 0.2) is 17.3 Å². The average molecular weight is 1140 g/mol. The van der Waals surface area contributed by atoms with E-state index in [1.165, 1.54) is 17.4 Å². The first-order chi connectivity index (χ1) is 40.0. The van der Waals surface area contributed by atoms with Gasteiger partial charge >= 0.3 is 23.9 Å². The number of allylic oxidation sites excluding steroid dienone is 1. The molecule has 0 saturated heterocycles. The lowest BCUT2D eigenvalue weighted by molar-refractivity contribution is -0.167. The monoisotopic (exact) mass is 1140 g/mol. The van der Waals surface area contributed by atoms with Crippen molar-refractivity contribution in [1.82, 2.24) is 0 Å². The molecular weight excluding hydrogens is 1090 g/mol. The van der Waals surface area contributed by atoms with Gasteiger partial charge in [0.25, 0.3) is 0 Å². The highest BCUT2D eigenvalue weighted by atomic mass is 32.1. The second kappa shape index (κ2) is 21.3. The number of rotatable bonds is 14. The molecule has 4 heterocycles. The van der Waals surface area contributed by atoms with Crippen molar-refractivity contribution in [2.45, 2.75) is 43.9 Å². The van der Waals surface area contributed by atoms with Gasteiger partial charge in [0.2, 0.25) is 10.8 Å². The lowest BCUT2D eigenvalue weighted by atomic mass is 9.70. The normalized spacial score (nSPS) is 15.3. The molecule has 9 aromatic rings. The Kier molecular flexibility index (Phi) is 13.6. The second-order valence-corrected chi connectivity index (χ2v) is 23.1. The predicted molar refractivity (Wildman–Crippen MR) is 309 cm³/mol. The van der Waals surface area contributed by atoms with Crippen molar-refractivity contribution in [1.29, 1.82) is 0 Å². The van der Waals surface area contributed by atoms with E-state index in [1.807, 2.05) is 36.4 Å². The molecule has 0 saturated carbocycles. The van der Waals surface area contributed by atoms with Crippen LogP contribution in [0.5, 0.6) is 0 Å². The average Bonchev–Trinajstić information content (AvgIpc) is 1.72. The highest BCUT2D eigenvalue weighted by Crippen LogP contribution is 2.67. The van der Waals surface area contributed by atoms with Crippen molar-refractivity contribution in [3.8, 4) is 19.5 Å². The molecule has 6 aromatic carbocycles. The van der Waals surface area contributed by atoms with Crippen LogP contribution in [0.3, 0.4) is 0 Å². The van der Waals surface area contributed by atoms with Gasteiger partial charge < -0.3 is 23.7 Å². The van der Waals surface area contributed by atoms with Gasteiger partial charge in [-0.1, -0.05) is 170 Å². The number of fused-ring (bicyclic) bond motifs is 9.